The van der Waals surface area contributed by atoms with Crippen molar-refractivity contribution < 1.29 is 18.0 Å². The van der Waals surface area contributed by atoms with Crippen molar-refractivity contribution in [2.24, 2.45) is 7.05 Å². The minimum absolute atomic E-state index is 0.0313. The molecule has 1 amide bonds. The molecule has 6 nitrogen and oxygen atoms in total. The third kappa shape index (κ3) is 4.06. The van der Waals surface area contributed by atoms with E-state index in [1.807, 2.05) is 0 Å². The van der Waals surface area contributed by atoms with E-state index in [2.05, 4.69) is 9.88 Å². The van der Waals surface area contributed by atoms with Gasteiger partial charge in [-0.1, -0.05) is 18.2 Å². The molecule has 1 unspecified atom stereocenters. The predicted molar refractivity (Wildman–Crippen MR) is 112 cm³/mol. The number of piperidine rings is 1. The lowest BCUT2D eigenvalue weighted by Crippen LogP contribution is -2.48. The SMILES string of the molecule is CN(C(=O)c1cn(C)c(=O)c2[nH]ccc12)C1CCN(C2C=CC(C(F)(F)F)=CC2)CC1. The van der Waals surface area contributed by atoms with Crippen LogP contribution >= 0.6 is 0 Å². The van der Waals surface area contributed by atoms with Crippen molar-refractivity contribution in [3.63, 3.8) is 0 Å². The molecule has 2 aliphatic rings. The van der Waals surface area contributed by atoms with Crippen LogP contribution in [-0.2, 0) is 7.05 Å². The van der Waals surface area contributed by atoms with Crippen LogP contribution in [0.5, 0.6) is 0 Å². The molecular formula is C22H25F3N4O2. The van der Waals surface area contributed by atoms with Crippen molar-refractivity contribution in [1.29, 1.82) is 0 Å². The molecule has 0 radical (unpaired) electrons. The number of nitrogens with zero attached hydrogens (tertiary/aromatic N) is 3. The fourth-order valence-electron chi connectivity index (χ4n) is 4.49. The number of hydrogen-bond donors (Lipinski definition) is 1. The van der Waals surface area contributed by atoms with Crippen LogP contribution in [0.3, 0.4) is 0 Å². The summed E-state index contributed by atoms with van der Waals surface area (Å²) in [6.45, 7) is 1.42. The van der Waals surface area contributed by atoms with Crippen LogP contribution < -0.4 is 5.56 Å². The average molecular weight is 434 g/mol. The quantitative estimate of drug-likeness (QED) is 0.807. The topological polar surface area (TPSA) is 61.3 Å². The third-order valence-electron chi connectivity index (χ3n) is 6.37. The first-order chi connectivity index (χ1) is 14.7. The van der Waals surface area contributed by atoms with Crippen LogP contribution in [0.1, 0.15) is 29.6 Å². The standard InChI is InChI=1S/C22H25F3N4O2/c1-27-13-18(17-7-10-26-19(17)21(27)31)20(30)28(2)15-8-11-29(12-9-15)16-5-3-14(4-6-16)22(23,24)25/h3-5,7,10,13,15-16,26H,6,8-9,11-12H2,1-2H3. The second kappa shape index (κ2) is 8.03. The van der Waals surface area contributed by atoms with E-state index in [0.717, 1.165) is 18.9 Å². The van der Waals surface area contributed by atoms with Crippen molar-refractivity contribution in [3.05, 3.63) is 58.2 Å². The number of amides is 1. The Hall–Kier alpha value is -2.81. The van der Waals surface area contributed by atoms with Gasteiger partial charge in [0.1, 0.15) is 5.52 Å². The molecule has 4 rings (SSSR count). The highest BCUT2D eigenvalue weighted by Gasteiger charge is 2.35. The number of hydrogen-bond acceptors (Lipinski definition) is 3. The zero-order valence-electron chi connectivity index (χ0n) is 17.4. The molecule has 1 saturated heterocycles. The number of carbonyl (C=O) groups is 1. The highest BCUT2D eigenvalue weighted by molar-refractivity contribution is 6.05. The van der Waals surface area contributed by atoms with E-state index in [9.17, 15) is 22.8 Å². The van der Waals surface area contributed by atoms with E-state index in [1.54, 1.807) is 43.5 Å². The summed E-state index contributed by atoms with van der Waals surface area (Å²) in [5.41, 5.74) is 0.114. The fourth-order valence-corrected chi connectivity index (χ4v) is 4.49. The number of aromatic nitrogens is 2. The summed E-state index contributed by atoms with van der Waals surface area (Å²) in [4.78, 5) is 32.2. The monoisotopic (exact) mass is 434 g/mol. The van der Waals surface area contributed by atoms with Gasteiger partial charge in [-0.25, -0.2) is 0 Å². The van der Waals surface area contributed by atoms with Gasteiger partial charge in [-0.2, -0.15) is 13.2 Å². The molecule has 9 heteroatoms. The largest absolute Gasteiger partial charge is 0.416 e. The lowest BCUT2D eigenvalue weighted by molar-refractivity contribution is -0.0888. The zero-order valence-corrected chi connectivity index (χ0v) is 17.4. The van der Waals surface area contributed by atoms with Crippen LogP contribution in [0.4, 0.5) is 13.2 Å². The van der Waals surface area contributed by atoms with Gasteiger partial charge in [0, 0.05) is 57.0 Å². The minimum Gasteiger partial charge on any atom is -0.357 e. The molecular weight excluding hydrogens is 409 g/mol. The molecule has 2 aromatic rings. The van der Waals surface area contributed by atoms with E-state index in [1.165, 1.54) is 10.6 Å². The highest BCUT2D eigenvalue weighted by Crippen LogP contribution is 2.31. The van der Waals surface area contributed by atoms with Gasteiger partial charge in [0.05, 0.1) is 11.1 Å². The molecule has 1 atom stereocenters. The van der Waals surface area contributed by atoms with Crippen molar-refractivity contribution >= 4 is 16.8 Å². The summed E-state index contributed by atoms with van der Waals surface area (Å²) in [5, 5.41) is 0.608. The Balaban J connectivity index is 1.41. The van der Waals surface area contributed by atoms with Gasteiger partial charge in [0.2, 0.25) is 0 Å². The fraction of sp³-hybridized carbons (Fsp3) is 0.455. The summed E-state index contributed by atoms with van der Waals surface area (Å²) < 4.78 is 39.8. The van der Waals surface area contributed by atoms with Crippen molar-refractivity contribution in [2.45, 2.75) is 37.5 Å². The van der Waals surface area contributed by atoms with E-state index in [-0.39, 0.29) is 23.6 Å². The molecule has 0 saturated carbocycles. The lowest BCUT2D eigenvalue weighted by Gasteiger charge is -2.40. The first-order valence-corrected chi connectivity index (χ1v) is 10.3. The summed E-state index contributed by atoms with van der Waals surface area (Å²) in [6.07, 6.45) is 4.80. The van der Waals surface area contributed by atoms with Crippen LogP contribution in [0, 0.1) is 0 Å². The molecule has 31 heavy (non-hydrogen) atoms. The summed E-state index contributed by atoms with van der Waals surface area (Å²) >= 11 is 0. The Morgan fingerprint density at radius 2 is 1.97 bits per heavy atom. The molecule has 0 spiro atoms. The van der Waals surface area contributed by atoms with Gasteiger partial charge in [-0.15, -0.1) is 0 Å². The first kappa shape index (κ1) is 21.4. The maximum Gasteiger partial charge on any atom is 0.416 e. The zero-order chi connectivity index (χ0) is 22.3. The van der Waals surface area contributed by atoms with E-state index >= 15 is 0 Å². The van der Waals surface area contributed by atoms with Gasteiger partial charge in [0.15, 0.2) is 0 Å². The van der Waals surface area contributed by atoms with Crippen LogP contribution in [0.2, 0.25) is 0 Å². The number of carbonyl (C=O) groups excluding carboxylic acids is 1. The number of aromatic amines is 1. The summed E-state index contributed by atoms with van der Waals surface area (Å²) in [7, 11) is 3.39. The van der Waals surface area contributed by atoms with Gasteiger partial charge in [-0.05, 0) is 25.3 Å². The minimum atomic E-state index is -4.30. The molecule has 1 aliphatic heterocycles. The predicted octanol–water partition coefficient (Wildman–Crippen LogP) is 3.22. The average Bonchev–Trinajstić information content (AvgIpc) is 3.25. The number of H-pyrrole nitrogens is 1. The molecule has 1 N–H and O–H groups in total. The molecule has 1 fully saturated rings. The Morgan fingerprint density at radius 1 is 1.26 bits per heavy atom. The van der Waals surface area contributed by atoms with Gasteiger partial charge >= 0.3 is 6.18 Å². The molecule has 3 heterocycles. The summed E-state index contributed by atoms with van der Waals surface area (Å²) in [6, 6.07) is 1.72. The summed E-state index contributed by atoms with van der Waals surface area (Å²) in [5.74, 6) is -0.144. The Morgan fingerprint density at radius 3 is 2.58 bits per heavy atom. The first-order valence-electron chi connectivity index (χ1n) is 10.3. The van der Waals surface area contributed by atoms with E-state index in [0.29, 0.717) is 36.0 Å². The number of nitrogens with one attached hydrogen (secondary N) is 1. The smallest absolute Gasteiger partial charge is 0.357 e. The van der Waals surface area contributed by atoms with Crippen LogP contribution in [0.25, 0.3) is 10.9 Å². The number of pyridine rings is 1. The maximum atomic E-state index is 13.2. The molecule has 166 valence electrons. The highest BCUT2D eigenvalue weighted by atomic mass is 19.4. The molecule has 1 aliphatic carbocycles. The number of likely N-dealkylation sites (tertiary alicyclic amines) is 1. The van der Waals surface area contributed by atoms with Crippen molar-refractivity contribution in [1.82, 2.24) is 19.4 Å². The molecule has 0 bridgehead atoms. The number of rotatable bonds is 3. The van der Waals surface area contributed by atoms with E-state index < -0.39 is 11.7 Å². The Kier molecular flexibility index (Phi) is 5.55. The normalized spacial score (nSPS) is 20.8. The van der Waals surface area contributed by atoms with Crippen molar-refractivity contribution in [2.75, 3.05) is 20.1 Å². The lowest BCUT2D eigenvalue weighted by atomic mass is 9.96. The van der Waals surface area contributed by atoms with E-state index in [4.69, 9.17) is 0 Å². The van der Waals surface area contributed by atoms with Gasteiger partial charge in [-0.3, -0.25) is 14.5 Å². The third-order valence-corrected chi connectivity index (χ3v) is 6.37. The number of halogens is 3. The van der Waals surface area contributed by atoms with Gasteiger partial charge < -0.3 is 14.5 Å². The Labute approximate surface area is 177 Å². The maximum absolute atomic E-state index is 13.2. The molecule has 0 aromatic carbocycles. The van der Waals surface area contributed by atoms with Crippen LogP contribution in [-0.4, -0.2) is 63.7 Å². The van der Waals surface area contributed by atoms with Crippen LogP contribution in [0.15, 0.2) is 47.1 Å². The number of fused-ring (bicyclic) bond motifs is 1. The number of allylic oxidation sites excluding steroid dienone is 2. The molecule has 2 aromatic heterocycles. The Bertz CT molecular complexity index is 1100. The number of alkyl halides is 3. The van der Waals surface area contributed by atoms with Gasteiger partial charge in [0.25, 0.3) is 11.5 Å². The van der Waals surface area contributed by atoms with Crippen molar-refractivity contribution in [3.8, 4) is 0 Å². The second-order valence-electron chi connectivity index (χ2n) is 8.23. The second-order valence-corrected chi connectivity index (χ2v) is 8.23. The number of aryl methyl sites for hydroxylation is 1.